The number of morpholine rings is 1. The molecule has 0 radical (unpaired) electrons. The topological polar surface area (TPSA) is 39.7 Å². The average Bonchev–Trinajstić information content (AvgIpc) is 2.67. The number of fused-ring (bicyclic) bond motifs is 1. The van der Waals surface area contributed by atoms with Crippen LogP contribution in [0.15, 0.2) is 16.6 Å². The molecular weight excluding hydrogens is 298 g/mol. The molecule has 98 valence electrons. The number of rotatable bonds is 1. The molecule has 1 fully saturated rings. The lowest BCUT2D eigenvalue weighted by Crippen LogP contribution is -2.33. The molecule has 0 spiro atoms. The zero-order chi connectivity index (χ0) is 12.4. The maximum Gasteiger partial charge on any atom is 0.175 e. The molecule has 0 bridgehead atoms. The summed E-state index contributed by atoms with van der Waals surface area (Å²) in [5.41, 5.74) is 1.07. The van der Waals surface area contributed by atoms with Gasteiger partial charge in [-0.2, -0.15) is 0 Å². The van der Waals surface area contributed by atoms with Gasteiger partial charge in [0.05, 0.1) is 30.4 Å². The second kappa shape index (κ2) is 5.47. The van der Waals surface area contributed by atoms with Gasteiger partial charge < -0.3 is 19.5 Å². The molecule has 1 atom stereocenters. The monoisotopic (exact) mass is 313 g/mol. The van der Waals surface area contributed by atoms with Gasteiger partial charge in [0.1, 0.15) is 0 Å². The van der Waals surface area contributed by atoms with E-state index in [0.29, 0.717) is 13.2 Å². The van der Waals surface area contributed by atoms with Gasteiger partial charge in [-0.1, -0.05) is 6.07 Å². The molecular formula is C13H16BrNO3. The van der Waals surface area contributed by atoms with Gasteiger partial charge in [0.2, 0.25) is 0 Å². The SMILES string of the molecule is Brc1ccc(C2CNCCO2)c2c1OCCCO2. The largest absolute Gasteiger partial charge is 0.489 e. The third kappa shape index (κ3) is 2.35. The molecule has 1 N–H and O–H groups in total. The Morgan fingerprint density at radius 3 is 2.72 bits per heavy atom. The Bertz CT molecular complexity index is 432. The summed E-state index contributed by atoms with van der Waals surface area (Å²) in [6.45, 7) is 3.84. The van der Waals surface area contributed by atoms with Gasteiger partial charge in [0.25, 0.3) is 0 Å². The number of ether oxygens (including phenoxy) is 3. The van der Waals surface area contributed by atoms with E-state index in [9.17, 15) is 0 Å². The first kappa shape index (κ1) is 12.3. The van der Waals surface area contributed by atoms with Crippen LogP contribution in [0.1, 0.15) is 18.1 Å². The maximum atomic E-state index is 5.85. The van der Waals surface area contributed by atoms with E-state index in [-0.39, 0.29) is 6.10 Å². The van der Waals surface area contributed by atoms with Gasteiger partial charge in [-0.25, -0.2) is 0 Å². The minimum Gasteiger partial charge on any atom is -0.489 e. The van der Waals surface area contributed by atoms with Crippen molar-refractivity contribution in [2.75, 3.05) is 32.9 Å². The molecule has 0 aromatic heterocycles. The number of benzene rings is 1. The van der Waals surface area contributed by atoms with Gasteiger partial charge in [0, 0.05) is 25.1 Å². The third-order valence-electron chi connectivity index (χ3n) is 3.15. The normalized spacial score (nSPS) is 23.5. The molecule has 0 aliphatic carbocycles. The minimum absolute atomic E-state index is 0.0438. The van der Waals surface area contributed by atoms with Crippen molar-refractivity contribution in [2.45, 2.75) is 12.5 Å². The Labute approximate surface area is 115 Å². The van der Waals surface area contributed by atoms with Gasteiger partial charge in [-0.15, -0.1) is 0 Å². The number of nitrogens with one attached hydrogen (secondary N) is 1. The van der Waals surface area contributed by atoms with Crippen LogP contribution < -0.4 is 14.8 Å². The Kier molecular flexibility index (Phi) is 3.72. The van der Waals surface area contributed by atoms with Gasteiger partial charge >= 0.3 is 0 Å². The number of hydrogen-bond donors (Lipinski definition) is 1. The first-order chi connectivity index (χ1) is 8.86. The summed E-state index contributed by atoms with van der Waals surface area (Å²) in [7, 11) is 0. The van der Waals surface area contributed by atoms with Gasteiger partial charge in [0.15, 0.2) is 11.5 Å². The van der Waals surface area contributed by atoms with Crippen LogP contribution in [-0.2, 0) is 4.74 Å². The van der Waals surface area contributed by atoms with Crippen molar-refractivity contribution in [1.29, 1.82) is 0 Å². The summed E-state index contributed by atoms with van der Waals surface area (Å²) in [5, 5.41) is 3.34. The summed E-state index contributed by atoms with van der Waals surface area (Å²) in [6, 6.07) is 4.05. The lowest BCUT2D eigenvalue weighted by molar-refractivity contribution is 0.0258. The smallest absolute Gasteiger partial charge is 0.175 e. The zero-order valence-electron chi connectivity index (χ0n) is 10.1. The van der Waals surface area contributed by atoms with Crippen LogP contribution >= 0.6 is 15.9 Å². The lowest BCUT2D eigenvalue weighted by Gasteiger charge is -2.26. The van der Waals surface area contributed by atoms with Crippen LogP contribution in [0.25, 0.3) is 0 Å². The van der Waals surface area contributed by atoms with Crippen molar-refractivity contribution in [3.63, 3.8) is 0 Å². The van der Waals surface area contributed by atoms with E-state index < -0.39 is 0 Å². The molecule has 1 aromatic rings. The van der Waals surface area contributed by atoms with Crippen LogP contribution in [-0.4, -0.2) is 32.9 Å². The van der Waals surface area contributed by atoms with Crippen LogP contribution in [0.5, 0.6) is 11.5 Å². The van der Waals surface area contributed by atoms with E-state index in [1.165, 1.54) is 0 Å². The molecule has 0 amide bonds. The maximum absolute atomic E-state index is 5.85. The quantitative estimate of drug-likeness (QED) is 0.863. The van der Waals surface area contributed by atoms with Crippen molar-refractivity contribution < 1.29 is 14.2 Å². The Balaban J connectivity index is 1.98. The molecule has 4 nitrogen and oxygen atoms in total. The average molecular weight is 314 g/mol. The van der Waals surface area contributed by atoms with E-state index in [4.69, 9.17) is 14.2 Å². The zero-order valence-corrected chi connectivity index (χ0v) is 11.7. The predicted octanol–water partition coefficient (Wildman–Crippen LogP) is 2.27. The van der Waals surface area contributed by atoms with E-state index in [0.717, 1.165) is 47.7 Å². The van der Waals surface area contributed by atoms with E-state index in [1.807, 2.05) is 6.07 Å². The molecule has 5 heteroatoms. The molecule has 2 aliphatic heterocycles. The first-order valence-corrected chi connectivity index (χ1v) is 7.06. The molecule has 1 saturated heterocycles. The summed E-state index contributed by atoms with van der Waals surface area (Å²) in [5.74, 6) is 1.63. The standard InChI is InChI=1S/C13H16BrNO3/c14-10-3-2-9(11-8-15-4-7-16-11)12-13(10)18-6-1-5-17-12/h2-3,11,15H,1,4-8H2. The van der Waals surface area contributed by atoms with Crippen molar-refractivity contribution in [3.8, 4) is 11.5 Å². The summed E-state index contributed by atoms with van der Waals surface area (Å²) >= 11 is 3.51. The van der Waals surface area contributed by atoms with E-state index in [2.05, 4.69) is 27.3 Å². The van der Waals surface area contributed by atoms with Crippen molar-refractivity contribution in [3.05, 3.63) is 22.2 Å². The second-order valence-electron chi connectivity index (χ2n) is 4.41. The fourth-order valence-electron chi connectivity index (χ4n) is 2.26. The summed E-state index contributed by atoms with van der Waals surface area (Å²) in [4.78, 5) is 0. The fourth-order valence-corrected chi connectivity index (χ4v) is 2.69. The molecule has 1 unspecified atom stereocenters. The Hall–Kier alpha value is -0.780. The summed E-state index contributed by atoms with van der Waals surface area (Å²) in [6.07, 6.45) is 0.951. The Morgan fingerprint density at radius 1 is 1.11 bits per heavy atom. The van der Waals surface area contributed by atoms with Crippen molar-refractivity contribution in [1.82, 2.24) is 5.32 Å². The van der Waals surface area contributed by atoms with Gasteiger partial charge in [-0.3, -0.25) is 0 Å². The number of halogens is 1. The van der Waals surface area contributed by atoms with Crippen LogP contribution in [0.4, 0.5) is 0 Å². The highest BCUT2D eigenvalue weighted by Crippen LogP contribution is 2.42. The van der Waals surface area contributed by atoms with Crippen molar-refractivity contribution >= 4 is 15.9 Å². The molecule has 0 saturated carbocycles. The van der Waals surface area contributed by atoms with Crippen LogP contribution in [0, 0.1) is 0 Å². The fraction of sp³-hybridized carbons (Fsp3) is 0.538. The first-order valence-electron chi connectivity index (χ1n) is 6.26. The predicted molar refractivity (Wildman–Crippen MR) is 71.3 cm³/mol. The lowest BCUT2D eigenvalue weighted by atomic mass is 10.1. The number of hydrogen-bond acceptors (Lipinski definition) is 4. The van der Waals surface area contributed by atoms with Crippen LogP contribution in [0.2, 0.25) is 0 Å². The third-order valence-corrected chi connectivity index (χ3v) is 3.77. The minimum atomic E-state index is 0.0438. The second-order valence-corrected chi connectivity index (χ2v) is 5.26. The highest BCUT2D eigenvalue weighted by molar-refractivity contribution is 9.10. The van der Waals surface area contributed by atoms with E-state index >= 15 is 0 Å². The molecule has 2 heterocycles. The van der Waals surface area contributed by atoms with Gasteiger partial charge in [-0.05, 0) is 22.0 Å². The van der Waals surface area contributed by atoms with Crippen molar-refractivity contribution in [2.24, 2.45) is 0 Å². The molecule has 3 rings (SSSR count). The highest BCUT2D eigenvalue weighted by atomic mass is 79.9. The summed E-state index contributed by atoms with van der Waals surface area (Å²) < 4.78 is 18.3. The molecule has 1 aromatic carbocycles. The van der Waals surface area contributed by atoms with E-state index in [1.54, 1.807) is 0 Å². The Morgan fingerprint density at radius 2 is 1.94 bits per heavy atom. The highest BCUT2D eigenvalue weighted by Gasteiger charge is 2.25. The van der Waals surface area contributed by atoms with Crippen LogP contribution in [0.3, 0.4) is 0 Å². The molecule has 2 aliphatic rings. The molecule has 18 heavy (non-hydrogen) atoms.